The highest BCUT2D eigenvalue weighted by molar-refractivity contribution is 4.95. The molecule has 3 heteroatoms. The Balaban J connectivity index is 2.69. The average Bonchev–Trinajstić information content (AvgIpc) is 2.51. The van der Waals surface area contributed by atoms with Crippen LogP contribution in [0.15, 0.2) is 0 Å². The molecule has 3 nitrogen and oxygen atoms in total. The molecule has 1 rings (SSSR count). The van der Waals surface area contributed by atoms with E-state index in [4.69, 9.17) is 9.47 Å². The van der Waals surface area contributed by atoms with Crippen molar-refractivity contribution in [3.8, 4) is 0 Å². The molecule has 1 N–H and O–H groups in total. The fourth-order valence-corrected chi connectivity index (χ4v) is 3.46. The SMILES string of the molecule is CCCCC(CC)CC(NCC)C1(OC)CCOCC1. The summed E-state index contributed by atoms with van der Waals surface area (Å²) in [5, 5.41) is 3.70. The summed E-state index contributed by atoms with van der Waals surface area (Å²) in [5.41, 5.74) is -0.0199. The lowest BCUT2D eigenvalue weighted by atomic mass is 9.79. The van der Waals surface area contributed by atoms with E-state index in [0.717, 1.165) is 38.5 Å². The van der Waals surface area contributed by atoms with Gasteiger partial charge in [0, 0.05) is 39.2 Å². The quantitative estimate of drug-likeness (QED) is 0.663. The van der Waals surface area contributed by atoms with Crippen molar-refractivity contribution in [3.63, 3.8) is 0 Å². The van der Waals surface area contributed by atoms with E-state index in [1.807, 2.05) is 7.11 Å². The lowest BCUT2D eigenvalue weighted by Crippen LogP contribution is -2.55. The lowest BCUT2D eigenvalue weighted by molar-refractivity contribution is -0.114. The third-order valence-electron chi connectivity index (χ3n) is 4.94. The minimum atomic E-state index is -0.0199. The highest BCUT2D eigenvalue weighted by Gasteiger charge is 2.40. The molecule has 1 aliphatic heterocycles. The van der Waals surface area contributed by atoms with E-state index in [1.165, 1.54) is 32.1 Å². The van der Waals surface area contributed by atoms with Gasteiger partial charge in [-0.05, 0) is 18.9 Å². The maximum Gasteiger partial charge on any atom is 0.0874 e. The summed E-state index contributed by atoms with van der Waals surface area (Å²) in [6.07, 6.45) is 8.55. The number of ether oxygens (including phenoxy) is 2. The van der Waals surface area contributed by atoms with Crippen molar-refractivity contribution in [1.29, 1.82) is 0 Å². The van der Waals surface area contributed by atoms with Crippen molar-refractivity contribution in [2.45, 2.75) is 77.4 Å². The van der Waals surface area contributed by atoms with Crippen LogP contribution in [0.25, 0.3) is 0 Å². The standard InChI is InChI=1S/C17H35NO2/c1-5-8-9-15(6-2)14-16(18-7-3)17(19-4)10-12-20-13-11-17/h15-16,18H,5-14H2,1-4H3. The topological polar surface area (TPSA) is 30.5 Å². The summed E-state index contributed by atoms with van der Waals surface area (Å²) in [6.45, 7) is 9.49. The van der Waals surface area contributed by atoms with Crippen molar-refractivity contribution in [2.24, 2.45) is 5.92 Å². The van der Waals surface area contributed by atoms with E-state index in [1.54, 1.807) is 0 Å². The van der Waals surface area contributed by atoms with Crippen molar-refractivity contribution >= 4 is 0 Å². The molecule has 0 aromatic heterocycles. The van der Waals surface area contributed by atoms with E-state index < -0.39 is 0 Å². The number of nitrogens with one attached hydrogen (secondary N) is 1. The normalized spacial score (nSPS) is 21.6. The number of hydrogen-bond donors (Lipinski definition) is 1. The molecule has 0 bridgehead atoms. The third-order valence-corrected chi connectivity index (χ3v) is 4.94. The molecule has 0 amide bonds. The fraction of sp³-hybridized carbons (Fsp3) is 1.00. The van der Waals surface area contributed by atoms with E-state index in [2.05, 4.69) is 26.1 Å². The molecule has 1 heterocycles. The first-order valence-electron chi connectivity index (χ1n) is 8.58. The van der Waals surface area contributed by atoms with Gasteiger partial charge in [0.05, 0.1) is 5.60 Å². The molecule has 120 valence electrons. The molecule has 20 heavy (non-hydrogen) atoms. The molecule has 0 spiro atoms. The van der Waals surface area contributed by atoms with Crippen molar-refractivity contribution in [2.75, 3.05) is 26.9 Å². The molecule has 2 unspecified atom stereocenters. The highest BCUT2D eigenvalue weighted by atomic mass is 16.5. The van der Waals surface area contributed by atoms with E-state index in [9.17, 15) is 0 Å². The van der Waals surface area contributed by atoms with Gasteiger partial charge in [-0.15, -0.1) is 0 Å². The molecule has 1 fully saturated rings. The Hall–Kier alpha value is -0.120. The zero-order valence-corrected chi connectivity index (χ0v) is 14.0. The second-order valence-electron chi connectivity index (χ2n) is 6.14. The van der Waals surface area contributed by atoms with Crippen LogP contribution in [0.2, 0.25) is 0 Å². The third kappa shape index (κ3) is 5.01. The second-order valence-corrected chi connectivity index (χ2v) is 6.14. The van der Waals surface area contributed by atoms with Gasteiger partial charge in [-0.2, -0.15) is 0 Å². The number of rotatable bonds is 10. The van der Waals surface area contributed by atoms with Gasteiger partial charge >= 0.3 is 0 Å². The predicted molar refractivity (Wildman–Crippen MR) is 85.2 cm³/mol. The molecule has 0 radical (unpaired) electrons. The minimum Gasteiger partial charge on any atom is -0.381 e. The number of methoxy groups -OCH3 is 1. The number of unbranched alkanes of at least 4 members (excludes halogenated alkanes) is 1. The smallest absolute Gasteiger partial charge is 0.0874 e. The summed E-state index contributed by atoms with van der Waals surface area (Å²) in [6, 6.07) is 0.461. The van der Waals surface area contributed by atoms with Crippen LogP contribution in [0.3, 0.4) is 0 Å². The van der Waals surface area contributed by atoms with Gasteiger partial charge in [0.2, 0.25) is 0 Å². The summed E-state index contributed by atoms with van der Waals surface area (Å²) in [4.78, 5) is 0. The van der Waals surface area contributed by atoms with Crippen LogP contribution in [-0.4, -0.2) is 38.5 Å². The average molecular weight is 285 g/mol. The van der Waals surface area contributed by atoms with Gasteiger partial charge in [0.15, 0.2) is 0 Å². The van der Waals surface area contributed by atoms with Gasteiger partial charge in [0.1, 0.15) is 0 Å². The van der Waals surface area contributed by atoms with Gasteiger partial charge in [-0.3, -0.25) is 0 Å². The Kier molecular flexibility index (Phi) is 8.74. The van der Waals surface area contributed by atoms with Crippen LogP contribution in [0.4, 0.5) is 0 Å². The largest absolute Gasteiger partial charge is 0.381 e. The van der Waals surface area contributed by atoms with E-state index >= 15 is 0 Å². The number of likely N-dealkylation sites (N-methyl/N-ethyl adjacent to an activating group) is 1. The van der Waals surface area contributed by atoms with Gasteiger partial charge in [-0.25, -0.2) is 0 Å². The molecular weight excluding hydrogens is 250 g/mol. The van der Waals surface area contributed by atoms with Crippen LogP contribution in [-0.2, 0) is 9.47 Å². The maximum absolute atomic E-state index is 6.00. The molecule has 1 aliphatic rings. The molecule has 0 aromatic carbocycles. The summed E-state index contributed by atoms with van der Waals surface area (Å²) >= 11 is 0. The van der Waals surface area contributed by atoms with E-state index in [-0.39, 0.29) is 5.60 Å². The highest BCUT2D eigenvalue weighted by Crippen LogP contribution is 2.33. The molecular formula is C17H35NO2. The van der Waals surface area contributed by atoms with Crippen molar-refractivity contribution in [1.82, 2.24) is 5.32 Å². The Morgan fingerprint density at radius 2 is 1.90 bits per heavy atom. The second kappa shape index (κ2) is 9.75. The summed E-state index contributed by atoms with van der Waals surface area (Å²) in [7, 11) is 1.88. The summed E-state index contributed by atoms with van der Waals surface area (Å²) < 4.78 is 11.5. The Morgan fingerprint density at radius 3 is 2.40 bits per heavy atom. The van der Waals surface area contributed by atoms with Crippen LogP contribution >= 0.6 is 0 Å². The molecule has 1 saturated heterocycles. The molecule has 2 atom stereocenters. The van der Waals surface area contributed by atoms with Crippen LogP contribution in [0.5, 0.6) is 0 Å². The monoisotopic (exact) mass is 285 g/mol. The summed E-state index contributed by atoms with van der Waals surface area (Å²) in [5.74, 6) is 0.814. The van der Waals surface area contributed by atoms with Crippen LogP contribution in [0, 0.1) is 5.92 Å². The van der Waals surface area contributed by atoms with Crippen LogP contribution < -0.4 is 5.32 Å². The predicted octanol–water partition coefficient (Wildman–Crippen LogP) is 3.77. The van der Waals surface area contributed by atoms with E-state index in [0.29, 0.717) is 6.04 Å². The molecule has 0 aromatic rings. The minimum absolute atomic E-state index is 0.0199. The van der Waals surface area contributed by atoms with Gasteiger partial charge in [0.25, 0.3) is 0 Å². The van der Waals surface area contributed by atoms with Gasteiger partial charge in [-0.1, -0.05) is 46.5 Å². The Labute approximate surface area is 125 Å². The zero-order valence-electron chi connectivity index (χ0n) is 14.0. The first-order chi connectivity index (χ1) is 9.72. The first-order valence-corrected chi connectivity index (χ1v) is 8.58. The Morgan fingerprint density at radius 1 is 1.20 bits per heavy atom. The first kappa shape index (κ1) is 17.9. The zero-order chi connectivity index (χ0) is 14.8. The number of hydrogen-bond acceptors (Lipinski definition) is 3. The molecule has 0 saturated carbocycles. The maximum atomic E-state index is 6.00. The fourth-order valence-electron chi connectivity index (χ4n) is 3.46. The van der Waals surface area contributed by atoms with Crippen LogP contribution in [0.1, 0.15) is 65.7 Å². The van der Waals surface area contributed by atoms with Crippen molar-refractivity contribution in [3.05, 3.63) is 0 Å². The van der Waals surface area contributed by atoms with Crippen molar-refractivity contribution < 1.29 is 9.47 Å². The Bertz CT molecular complexity index is 239. The lowest BCUT2D eigenvalue weighted by Gasteiger charge is -2.44. The molecule has 0 aliphatic carbocycles. The van der Waals surface area contributed by atoms with Gasteiger partial charge < -0.3 is 14.8 Å².